The van der Waals surface area contributed by atoms with Gasteiger partial charge in [-0.15, -0.1) is 0 Å². The summed E-state index contributed by atoms with van der Waals surface area (Å²) in [7, 11) is -1.57. The summed E-state index contributed by atoms with van der Waals surface area (Å²) < 4.78 is 34.1. The number of nitrogens with one attached hydrogen (secondary N) is 2. The van der Waals surface area contributed by atoms with Gasteiger partial charge in [0.1, 0.15) is 0 Å². The number of amidine groups is 2. The summed E-state index contributed by atoms with van der Waals surface area (Å²) in [4.78, 5) is 5.54. The van der Waals surface area contributed by atoms with Crippen molar-refractivity contribution in [1.82, 2.24) is 0 Å². The highest BCUT2D eigenvalue weighted by Gasteiger charge is 1.85. The minimum absolute atomic E-state index is 0.759. The second-order valence-corrected chi connectivity index (χ2v) is 4.56. The SMILES string of the molecule is C[NH+]=C(N)SC.C[NH+]=C(N)SC.O=S(=O)([O-])[O-]. The maximum atomic E-state index is 8.52. The first-order valence-corrected chi connectivity index (χ1v) is 7.75. The maximum Gasteiger partial charge on any atom is 0.301 e. The third-order valence-electron chi connectivity index (χ3n) is 0.933. The Balaban J connectivity index is -0.000000174. The molecule has 0 radical (unpaired) electrons. The quantitative estimate of drug-likeness (QED) is 0.150. The fourth-order valence-corrected chi connectivity index (χ4v) is 0.612. The van der Waals surface area contributed by atoms with Gasteiger partial charge in [0.05, 0.1) is 14.1 Å². The average molecular weight is 306 g/mol. The highest BCUT2D eigenvalue weighted by molar-refractivity contribution is 8.13. The fraction of sp³-hybridized carbons (Fsp3) is 0.667. The Labute approximate surface area is 110 Å². The topological polar surface area (TPSA) is 160 Å². The number of hydrogen-bond acceptors (Lipinski definition) is 6. The summed E-state index contributed by atoms with van der Waals surface area (Å²) in [6.07, 6.45) is 3.84. The van der Waals surface area contributed by atoms with Crippen molar-refractivity contribution in [3.05, 3.63) is 0 Å². The van der Waals surface area contributed by atoms with E-state index in [2.05, 4.69) is 9.98 Å². The molecular weight excluding hydrogens is 288 g/mol. The molecule has 0 rings (SSSR count). The Morgan fingerprint density at radius 1 is 1.00 bits per heavy atom. The van der Waals surface area contributed by atoms with Gasteiger partial charge >= 0.3 is 10.3 Å². The van der Waals surface area contributed by atoms with Gasteiger partial charge in [-0.1, -0.05) is 0 Å². The van der Waals surface area contributed by atoms with Gasteiger partial charge in [-0.2, -0.15) is 0 Å². The van der Waals surface area contributed by atoms with Crippen LogP contribution in [-0.2, 0) is 10.4 Å². The molecule has 0 unspecified atom stereocenters. The molecule has 0 heterocycles. The molecule has 0 aromatic heterocycles. The molecule has 104 valence electrons. The third-order valence-corrected chi connectivity index (χ3v) is 2.22. The summed E-state index contributed by atoms with van der Waals surface area (Å²) >= 11 is 3.02. The van der Waals surface area contributed by atoms with Crippen LogP contribution in [0.5, 0.6) is 0 Å². The molecule has 0 aliphatic carbocycles. The summed E-state index contributed by atoms with van der Waals surface area (Å²) in [5.74, 6) is 0. The molecule has 0 saturated heterocycles. The van der Waals surface area contributed by atoms with Crippen LogP contribution in [0.1, 0.15) is 0 Å². The van der Waals surface area contributed by atoms with E-state index in [1.807, 2.05) is 12.5 Å². The van der Waals surface area contributed by atoms with E-state index in [1.54, 1.807) is 14.1 Å². The smallest absolute Gasteiger partial charge is 0.301 e. The zero-order valence-electron chi connectivity index (χ0n) is 10.0. The van der Waals surface area contributed by atoms with Crippen molar-refractivity contribution in [3.8, 4) is 0 Å². The van der Waals surface area contributed by atoms with Gasteiger partial charge in [0.15, 0.2) is 0 Å². The van der Waals surface area contributed by atoms with E-state index in [0.717, 1.165) is 10.3 Å². The molecule has 0 aromatic rings. The zero-order valence-corrected chi connectivity index (χ0v) is 12.5. The van der Waals surface area contributed by atoms with Crippen molar-refractivity contribution < 1.29 is 27.5 Å². The van der Waals surface area contributed by atoms with Gasteiger partial charge in [-0.05, 0) is 36.0 Å². The van der Waals surface area contributed by atoms with E-state index in [9.17, 15) is 0 Å². The monoisotopic (exact) mass is 306 g/mol. The van der Waals surface area contributed by atoms with Gasteiger partial charge in [0.2, 0.25) is 0 Å². The lowest BCUT2D eigenvalue weighted by Gasteiger charge is -2.06. The van der Waals surface area contributed by atoms with Crippen LogP contribution in [-0.4, -0.2) is 54.5 Å². The molecule has 0 saturated carbocycles. The highest BCUT2D eigenvalue weighted by atomic mass is 32.3. The Morgan fingerprint density at radius 2 is 1.18 bits per heavy atom. The number of nitrogens with two attached hydrogens (primary N) is 2. The van der Waals surface area contributed by atoms with E-state index >= 15 is 0 Å². The zero-order chi connectivity index (χ0) is 14.5. The predicted octanol–water partition coefficient (Wildman–Crippen LogP) is -4.59. The van der Waals surface area contributed by atoms with Crippen molar-refractivity contribution in [2.75, 3.05) is 26.6 Å². The predicted molar refractivity (Wildman–Crippen MR) is 69.7 cm³/mol. The van der Waals surface area contributed by atoms with Crippen LogP contribution < -0.4 is 21.5 Å². The number of thioether (sulfide) groups is 2. The molecule has 0 aliphatic heterocycles. The van der Waals surface area contributed by atoms with Gasteiger partial charge in [0, 0.05) is 10.4 Å². The van der Waals surface area contributed by atoms with Crippen LogP contribution in [0.4, 0.5) is 0 Å². The molecule has 0 aromatic carbocycles. The van der Waals surface area contributed by atoms with E-state index in [1.165, 1.54) is 23.5 Å². The van der Waals surface area contributed by atoms with Crippen LogP contribution in [0.15, 0.2) is 0 Å². The molecule has 0 atom stereocenters. The normalized spacial score (nSPS) is 11.9. The van der Waals surface area contributed by atoms with E-state index in [-0.39, 0.29) is 0 Å². The number of rotatable bonds is 0. The van der Waals surface area contributed by atoms with Crippen molar-refractivity contribution in [2.24, 2.45) is 11.5 Å². The average Bonchev–Trinajstić information content (AvgIpc) is 2.25. The summed E-state index contributed by atoms with van der Waals surface area (Å²) in [6.45, 7) is 0. The molecule has 0 spiro atoms. The van der Waals surface area contributed by atoms with E-state index < -0.39 is 10.4 Å². The van der Waals surface area contributed by atoms with E-state index in [0.29, 0.717) is 0 Å². The molecule has 6 N–H and O–H groups in total. The van der Waals surface area contributed by atoms with Crippen LogP contribution in [0.25, 0.3) is 0 Å². The summed E-state index contributed by atoms with van der Waals surface area (Å²) in [5.41, 5.74) is 10.5. The minimum atomic E-state index is -5.17. The van der Waals surface area contributed by atoms with Gasteiger partial charge in [-0.3, -0.25) is 29.9 Å². The Morgan fingerprint density at radius 3 is 1.18 bits per heavy atom. The van der Waals surface area contributed by atoms with Crippen molar-refractivity contribution >= 4 is 44.3 Å². The summed E-state index contributed by atoms with van der Waals surface area (Å²) in [6, 6.07) is 0. The Bertz CT molecular complexity index is 302. The lowest BCUT2D eigenvalue weighted by Crippen LogP contribution is -2.69. The minimum Gasteiger partial charge on any atom is -0.759 e. The summed E-state index contributed by atoms with van der Waals surface area (Å²) in [5, 5.41) is 1.52. The van der Waals surface area contributed by atoms with Gasteiger partial charge < -0.3 is 9.11 Å². The highest BCUT2D eigenvalue weighted by Crippen LogP contribution is 1.80. The van der Waals surface area contributed by atoms with Crippen molar-refractivity contribution in [1.29, 1.82) is 0 Å². The van der Waals surface area contributed by atoms with Crippen LogP contribution in [0.2, 0.25) is 0 Å². The van der Waals surface area contributed by atoms with Gasteiger partial charge in [0.25, 0.3) is 0 Å². The molecule has 0 bridgehead atoms. The molecule has 8 nitrogen and oxygen atoms in total. The standard InChI is InChI=1S/2C3H8N2S.H2O4S/c2*1-5-3(4)6-2;1-5(2,3)4/h2*1-2H3,(H2,4,5);(H2,1,2,3,4). The first-order chi connectivity index (χ1) is 7.62. The molecule has 0 amide bonds. The first kappa shape index (κ1) is 21.8. The van der Waals surface area contributed by atoms with E-state index in [4.69, 9.17) is 29.0 Å². The Kier molecular flexibility index (Phi) is 17.4. The molecule has 17 heavy (non-hydrogen) atoms. The lowest BCUT2D eigenvalue weighted by atomic mass is 11.3. The Hall–Kier alpha value is -0.490. The third kappa shape index (κ3) is 50.2. The largest absolute Gasteiger partial charge is 0.759 e. The lowest BCUT2D eigenvalue weighted by molar-refractivity contribution is -0.417. The molecule has 11 heteroatoms. The molecule has 0 fully saturated rings. The second-order valence-electron chi connectivity index (χ2n) is 2.04. The second kappa shape index (κ2) is 13.6. The van der Waals surface area contributed by atoms with Crippen LogP contribution >= 0.6 is 23.5 Å². The van der Waals surface area contributed by atoms with Crippen molar-refractivity contribution in [3.63, 3.8) is 0 Å². The fourth-order valence-electron chi connectivity index (χ4n) is 0.204. The maximum absolute atomic E-state index is 8.52. The van der Waals surface area contributed by atoms with Crippen molar-refractivity contribution in [2.45, 2.75) is 0 Å². The van der Waals surface area contributed by atoms with Crippen LogP contribution in [0.3, 0.4) is 0 Å². The van der Waals surface area contributed by atoms with Gasteiger partial charge in [-0.25, -0.2) is 0 Å². The first-order valence-electron chi connectivity index (χ1n) is 3.97. The number of hydrogen-bond donors (Lipinski definition) is 4. The molecule has 0 aliphatic rings. The molecular formula is C6H18N4O4S3. The van der Waals surface area contributed by atoms with Crippen LogP contribution in [0, 0.1) is 0 Å².